The zero-order valence-electron chi connectivity index (χ0n) is 10.2. The summed E-state index contributed by atoms with van der Waals surface area (Å²) in [6.45, 7) is 1.20. The Kier molecular flexibility index (Phi) is 4.69. The highest BCUT2D eigenvalue weighted by Crippen LogP contribution is 2.32. The standard InChI is InChI=1S/C12H9F3N2O3/c1-8(18)16-4-2-3-9-5-10(12(13,14)15)7-11(6-9)17(19)20/h5-7H,4H2,1H3,(H,16,18). The highest BCUT2D eigenvalue weighted by atomic mass is 19.4. The highest BCUT2D eigenvalue weighted by Gasteiger charge is 2.32. The lowest BCUT2D eigenvalue weighted by Gasteiger charge is -2.06. The van der Waals surface area contributed by atoms with E-state index in [0.717, 1.165) is 6.07 Å². The van der Waals surface area contributed by atoms with Crippen molar-refractivity contribution in [1.82, 2.24) is 5.32 Å². The van der Waals surface area contributed by atoms with Crippen LogP contribution in [0.15, 0.2) is 18.2 Å². The summed E-state index contributed by atoms with van der Waals surface area (Å²) in [5, 5.41) is 12.9. The van der Waals surface area contributed by atoms with Crippen molar-refractivity contribution in [2.24, 2.45) is 0 Å². The Labute approximate surface area is 111 Å². The average Bonchev–Trinajstić information content (AvgIpc) is 2.33. The van der Waals surface area contributed by atoms with Crippen molar-refractivity contribution in [1.29, 1.82) is 0 Å². The van der Waals surface area contributed by atoms with Crippen LogP contribution in [0.25, 0.3) is 0 Å². The topological polar surface area (TPSA) is 72.2 Å². The maximum atomic E-state index is 12.6. The van der Waals surface area contributed by atoms with Gasteiger partial charge < -0.3 is 5.32 Å². The van der Waals surface area contributed by atoms with Crippen LogP contribution in [0.3, 0.4) is 0 Å². The number of hydrogen-bond acceptors (Lipinski definition) is 3. The predicted octanol–water partition coefficient (Wildman–Crippen LogP) is 2.10. The Balaban J connectivity index is 3.10. The number of alkyl halides is 3. The molecule has 0 bridgehead atoms. The first kappa shape index (κ1) is 15.5. The maximum Gasteiger partial charge on any atom is 0.416 e. The number of rotatable bonds is 2. The fourth-order valence-electron chi connectivity index (χ4n) is 1.27. The van der Waals surface area contributed by atoms with Crippen LogP contribution >= 0.6 is 0 Å². The number of halogens is 3. The third-order valence-corrected chi connectivity index (χ3v) is 2.11. The van der Waals surface area contributed by atoms with E-state index in [-0.39, 0.29) is 18.0 Å². The van der Waals surface area contributed by atoms with Gasteiger partial charge in [0.15, 0.2) is 0 Å². The minimum atomic E-state index is -4.69. The van der Waals surface area contributed by atoms with Gasteiger partial charge in [-0.25, -0.2) is 0 Å². The smallest absolute Gasteiger partial charge is 0.345 e. The monoisotopic (exact) mass is 286 g/mol. The molecule has 20 heavy (non-hydrogen) atoms. The van der Waals surface area contributed by atoms with Gasteiger partial charge in [-0.1, -0.05) is 11.8 Å². The molecule has 0 aromatic heterocycles. The number of nitro groups is 1. The van der Waals surface area contributed by atoms with E-state index in [4.69, 9.17) is 0 Å². The van der Waals surface area contributed by atoms with Crippen LogP contribution in [0.4, 0.5) is 18.9 Å². The minimum Gasteiger partial charge on any atom is -0.345 e. The van der Waals surface area contributed by atoms with Crippen molar-refractivity contribution in [3.8, 4) is 11.8 Å². The Morgan fingerprint density at radius 1 is 1.40 bits per heavy atom. The maximum absolute atomic E-state index is 12.6. The van der Waals surface area contributed by atoms with Crippen LogP contribution in [0.2, 0.25) is 0 Å². The fourth-order valence-corrected chi connectivity index (χ4v) is 1.27. The number of nitrogens with zero attached hydrogens (tertiary/aromatic N) is 1. The van der Waals surface area contributed by atoms with Crippen molar-refractivity contribution in [3.63, 3.8) is 0 Å². The summed E-state index contributed by atoms with van der Waals surface area (Å²) in [4.78, 5) is 20.2. The second-order valence-corrected chi connectivity index (χ2v) is 3.73. The molecule has 8 heteroatoms. The molecule has 0 unspecified atom stereocenters. The second kappa shape index (κ2) is 6.06. The number of benzene rings is 1. The molecule has 0 radical (unpaired) electrons. The third-order valence-electron chi connectivity index (χ3n) is 2.11. The molecule has 106 valence electrons. The van der Waals surface area contributed by atoms with Gasteiger partial charge in [0.1, 0.15) is 0 Å². The van der Waals surface area contributed by atoms with E-state index in [1.807, 2.05) is 0 Å². The molecule has 5 nitrogen and oxygen atoms in total. The number of hydrogen-bond donors (Lipinski definition) is 1. The van der Waals surface area contributed by atoms with Gasteiger partial charge in [0.25, 0.3) is 5.69 Å². The van der Waals surface area contributed by atoms with E-state index in [2.05, 4.69) is 17.2 Å². The van der Waals surface area contributed by atoms with Gasteiger partial charge in [-0.2, -0.15) is 13.2 Å². The SMILES string of the molecule is CC(=O)NCC#Cc1cc([N+](=O)[O-])cc(C(F)(F)F)c1. The zero-order valence-corrected chi connectivity index (χ0v) is 10.2. The van der Waals surface area contributed by atoms with E-state index in [0.29, 0.717) is 12.1 Å². The quantitative estimate of drug-likeness (QED) is 0.514. The normalized spacial score (nSPS) is 10.4. The Morgan fingerprint density at radius 2 is 2.05 bits per heavy atom. The molecular weight excluding hydrogens is 277 g/mol. The highest BCUT2D eigenvalue weighted by molar-refractivity contribution is 5.73. The predicted molar refractivity (Wildman–Crippen MR) is 63.7 cm³/mol. The Morgan fingerprint density at radius 3 is 2.55 bits per heavy atom. The number of carbonyl (C=O) groups is 1. The summed E-state index contributed by atoms with van der Waals surface area (Å²) < 4.78 is 37.7. The lowest BCUT2D eigenvalue weighted by atomic mass is 10.1. The van der Waals surface area contributed by atoms with Crippen molar-refractivity contribution >= 4 is 11.6 Å². The first-order chi connectivity index (χ1) is 9.20. The van der Waals surface area contributed by atoms with Gasteiger partial charge >= 0.3 is 6.18 Å². The van der Waals surface area contributed by atoms with E-state index in [1.54, 1.807) is 0 Å². The number of non-ortho nitro benzene ring substituents is 1. The number of nitrogens with one attached hydrogen (secondary N) is 1. The van der Waals surface area contributed by atoms with Gasteiger partial charge in [-0.3, -0.25) is 14.9 Å². The first-order valence-corrected chi connectivity index (χ1v) is 5.30. The summed E-state index contributed by atoms with van der Waals surface area (Å²) >= 11 is 0. The van der Waals surface area contributed by atoms with Crippen molar-refractivity contribution < 1.29 is 22.9 Å². The largest absolute Gasteiger partial charge is 0.416 e. The fraction of sp³-hybridized carbons (Fsp3) is 0.250. The van der Waals surface area contributed by atoms with E-state index in [9.17, 15) is 28.1 Å². The molecule has 0 aliphatic carbocycles. The third kappa shape index (κ3) is 4.61. The minimum absolute atomic E-state index is 0.0562. The van der Waals surface area contributed by atoms with Crippen molar-refractivity contribution in [3.05, 3.63) is 39.4 Å². The molecule has 0 spiro atoms. The molecule has 0 saturated carbocycles. The molecule has 1 amide bonds. The molecule has 1 N–H and O–H groups in total. The first-order valence-electron chi connectivity index (χ1n) is 5.30. The molecule has 0 fully saturated rings. The Hall–Kier alpha value is -2.56. The molecule has 1 aromatic rings. The van der Waals surface area contributed by atoms with Crippen LogP contribution in [0, 0.1) is 22.0 Å². The number of nitro benzene ring substituents is 1. The zero-order chi connectivity index (χ0) is 15.3. The molecule has 1 rings (SSSR count). The molecule has 1 aromatic carbocycles. The molecule has 0 aliphatic rings. The van der Waals surface area contributed by atoms with Gasteiger partial charge in [0.2, 0.25) is 5.91 Å². The molecular formula is C12H9F3N2O3. The van der Waals surface area contributed by atoms with Gasteiger partial charge in [0, 0.05) is 24.6 Å². The van der Waals surface area contributed by atoms with Crippen LogP contribution in [-0.2, 0) is 11.0 Å². The summed E-state index contributed by atoms with van der Waals surface area (Å²) in [6.07, 6.45) is -4.69. The van der Waals surface area contributed by atoms with Crippen LogP contribution in [-0.4, -0.2) is 17.4 Å². The summed E-state index contributed by atoms with van der Waals surface area (Å²) in [6, 6.07) is 2.10. The van der Waals surface area contributed by atoms with Crippen LogP contribution in [0.1, 0.15) is 18.1 Å². The molecule has 0 atom stereocenters. The lowest BCUT2D eigenvalue weighted by molar-refractivity contribution is -0.385. The molecule has 0 saturated heterocycles. The van der Waals surface area contributed by atoms with Gasteiger partial charge in [0.05, 0.1) is 17.0 Å². The van der Waals surface area contributed by atoms with E-state index >= 15 is 0 Å². The molecule has 0 aliphatic heterocycles. The van der Waals surface area contributed by atoms with Crippen LogP contribution in [0.5, 0.6) is 0 Å². The van der Waals surface area contributed by atoms with Gasteiger partial charge in [-0.05, 0) is 6.07 Å². The van der Waals surface area contributed by atoms with Crippen molar-refractivity contribution in [2.45, 2.75) is 13.1 Å². The second-order valence-electron chi connectivity index (χ2n) is 3.73. The van der Waals surface area contributed by atoms with Crippen molar-refractivity contribution in [2.75, 3.05) is 6.54 Å². The summed E-state index contributed by atoms with van der Waals surface area (Å²) in [5.74, 6) is 4.41. The molecule has 0 heterocycles. The summed E-state index contributed by atoms with van der Waals surface area (Å²) in [5.41, 5.74) is -1.98. The number of amides is 1. The van der Waals surface area contributed by atoms with Gasteiger partial charge in [-0.15, -0.1) is 0 Å². The van der Waals surface area contributed by atoms with E-state index < -0.39 is 22.4 Å². The number of carbonyl (C=O) groups excluding carboxylic acids is 1. The van der Waals surface area contributed by atoms with E-state index in [1.165, 1.54) is 6.92 Å². The van der Waals surface area contributed by atoms with Crippen LogP contribution < -0.4 is 5.32 Å². The Bertz CT molecular complexity index is 600. The average molecular weight is 286 g/mol. The summed E-state index contributed by atoms with van der Waals surface area (Å²) in [7, 11) is 0. The lowest BCUT2D eigenvalue weighted by Crippen LogP contribution is -2.19.